The van der Waals surface area contributed by atoms with Crippen molar-refractivity contribution in [1.82, 2.24) is 0 Å². The van der Waals surface area contributed by atoms with Crippen LogP contribution in [0.1, 0.15) is 79.2 Å². The van der Waals surface area contributed by atoms with Crippen molar-refractivity contribution in [3.05, 3.63) is 94.5 Å². The van der Waals surface area contributed by atoms with E-state index in [1.807, 2.05) is 12.1 Å². The van der Waals surface area contributed by atoms with Gasteiger partial charge in [0.25, 0.3) is 0 Å². The van der Waals surface area contributed by atoms with E-state index in [1.165, 1.54) is 17.5 Å². The third-order valence-electron chi connectivity index (χ3n) is 10.2. The van der Waals surface area contributed by atoms with Gasteiger partial charge in [0.05, 0.1) is 46.7 Å². The van der Waals surface area contributed by atoms with Gasteiger partial charge in [0, 0.05) is 6.42 Å². The van der Waals surface area contributed by atoms with E-state index >= 15 is 0 Å². The van der Waals surface area contributed by atoms with Gasteiger partial charge in [0.15, 0.2) is 0 Å². The van der Waals surface area contributed by atoms with Gasteiger partial charge in [-0.1, -0.05) is 80.1 Å². The maximum absolute atomic E-state index is 13.3. The Kier molecular flexibility index (Phi) is 11.0. The Bertz CT molecular complexity index is 1510. The Morgan fingerprint density at radius 1 is 0.739 bits per heavy atom. The lowest BCUT2D eigenvalue weighted by Crippen LogP contribution is -2.51. The molecule has 3 aromatic carbocycles. The number of ether oxygens (including phenoxy) is 2. The predicted molar refractivity (Wildman–Crippen MR) is 185 cm³/mol. The van der Waals surface area contributed by atoms with Crippen molar-refractivity contribution in [3.63, 3.8) is 0 Å². The van der Waals surface area contributed by atoms with Crippen LogP contribution in [-0.2, 0) is 31.9 Å². The number of carbonyl (C=O) groups is 2. The first-order valence-electron chi connectivity index (χ1n) is 17.4. The number of esters is 2. The number of benzene rings is 3. The number of unbranched alkanes of at least 4 members (excludes halogenated alkanes) is 1. The van der Waals surface area contributed by atoms with E-state index in [9.17, 15) is 9.59 Å². The Morgan fingerprint density at radius 3 is 2.17 bits per heavy atom. The number of quaternary nitrogens is 2. The first-order chi connectivity index (χ1) is 22.1. The van der Waals surface area contributed by atoms with Crippen LogP contribution in [0.4, 0.5) is 0 Å². The van der Waals surface area contributed by atoms with Gasteiger partial charge in [-0.2, -0.15) is 0 Å². The molecule has 0 fully saturated rings. The maximum Gasteiger partial charge on any atom is 0.318 e. The molecule has 0 amide bonds. The second-order valence-electron chi connectivity index (χ2n) is 14.4. The molecule has 0 saturated heterocycles. The Labute approximate surface area is 276 Å². The molecule has 0 saturated carbocycles. The average molecular weight is 627 g/mol. The molecule has 2 aliphatic carbocycles. The molecule has 3 aromatic rings. The molecule has 0 aliphatic heterocycles. The van der Waals surface area contributed by atoms with Gasteiger partial charge in [-0.15, -0.1) is 0 Å². The molecule has 0 heterocycles. The second-order valence-corrected chi connectivity index (χ2v) is 14.4. The standard InChI is InChI=1S/C40H54N2O4/c1-6-8-23-42(7-2,26-28-45-39(43)36-22-20-31-15-9-10-16-32(31)36)24-13-14-30-19-21-35-37(29-30)33-17-11-12-18-34(33)38(35)40(44)46-27-25-41(3,4)5/h9-12,15-19,21,29,36,38H,6-8,13-14,20,22-28H2,1-5H3/q+2. The molecular formula is C40H54N2O4+2. The van der Waals surface area contributed by atoms with Crippen molar-refractivity contribution in [2.75, 3.05) is 67.1 Å². The van der Waals surface area contributed by atoms with Crippen LogP contribution in [0.5, 0.6) is 0 Å². The van der Waals surface area contributed by atoms with E-state index in [2.05, 4.69) is 89.6 Å². The van der Waals surface area contributed by atoms with Crippen molar-refractivity contribution in [2.24, 2.45) is 0 Å². The fourth-order valence-electron chi connectivity index (χ4n) is 7.33. The third-order valence-corrected chi connectivity index (χ3v) is 10.2. The molecule has 46 heavy (non-hydrogen) atoms. The number of hydrogen-bond donors (Lipinski definition) is 0. The van der Waals surface area contributed by atoms with Crippen LogP contribution in [0.25, 0.3) is 11.1 Å². The molecule has 3 atom stereocenters. The van der Waals surface area contributed by atoms with Crippen LogP contribution in [0, 0.1) is 0 Å². The van der Waals surface area contributed by atoms with Gasteiger partial charge in [-0.3, -0.25) is 9.59 Å². The summed E-state index contributed by atoms with van der Waals surface area (Å²) in [4.78, 5) is 26.4. The van der Waals surface area contributed by atoms with E-state index in [1.54, 1.807) is 0 Å². The lowest BCUT2D eigenvalue weighted by Gasteiger charge is -2.38. The summed E-state index contributed by atoms with van der Waals surface area (Å²) in [5, 5.41) is 0. The van der Waals surface area contributed by atoms with Gasteiger partial charge < -0.3 is 18.4 Å². The van der Waals surface area contributed by atoms with Gasteiger partial charge in [-0.25, -0.2) is 0 Å². The van der Waals surface area contributed by atoms with Crippen molar-refractivity contribution < 1.29 is 28.0 Å². The summed E-state index contributed by atoms with van der Waals surface area (Å²) in [6.07, 6.45) is 6.15. The van der Waals surface area contributed by atoms with Crippen LogP contribution in [0.3, 0.4) is 0 Å². The number of likely N-dealkylation sites (N-methyl/N-ethyl adjacent to an activating group) is 2. The minimum absolute atomic E-state index is 0.0661. The van der Waals surface area contributed by atoms with E-state index in [-0.39, 0.29) is 23.8 Å². The Hall–Kier alpha value is -3.48. The lowest BCUT2D eigenvalue weighted by molar-refractivity contribution is -0.927. The van der Waals surface area contributed by atoms with Crippen LogP contribution in [0.15, 0.2) is 66.7 Å². The predicted octanol–water partition coefficient (Wildman–Crippen LogP) is 6.89. The van der Waals surface area contributed by atoms with Gasteiger partial charge >= 0.3 is 11.9 Å². The minimum atomic E-state index is -0.369. The summed E-state index contributed by atoms with van der Waals surface area (Å²) in [5.41, 5.74) is 8.12. The van der Waals surface area contributed by atoms with Crippen LogP contribution >= 0.6 is 0 Å². The molecule has 0 N–H and O–H groups in total. The zero-order valence-electron chi connectivity index (χ0n) is 28.7. The highest BCUT2D eigenvalue weighted by Crippen LogP contribution is 2.45. The molecule has 2 aliphatic rings. The molecule has 0 aromatic heterocycles. The topological polar surface area (TPSA) is 52.6 Å². The molecule has 6 heteroatoms. The summed E-state index contributed by atoms with van der Waals surface area (Å²) < 4.78 is 13.5. The molecule has 0 spiro atoms. The highest BCUT2D eigenvalue weighted by atomic mass is 16.5. The van der Waals surface area contributed by atoms with Crippen LogP contribution in [-0.4, -0.2) is 88.0 Å². The number of hydrogen-bond acceptors (Lipinski definition) is 4. The Balaban J connectivity index is 1.21. The van der Waals surface area contributed by atoms with E-state index in [0.29, 0.717) is 13.2 Å². The molecule has 3 unspecified atom stereocenters. The zero-order chi connectivity index (χ0) is 32.7. The zero-order valence-corrected chi connectivity index (χ0v) is 28.7. The quantitative estimate of drug-likeness (QED) is 0.128. The number of rotatable bonds is 16. The van der Waals surface area contributed by atoms with Crippen molar-refractivity contribution >= 4 is 11.9 Å². The minimum Gasteiger partial charge on any atom is -0.459 e. The van der Waals surface area contributed by atoms with E-state index < -0.39 is 0 Å². The molecule has 0 bridgehead atoms. The molecule has 6 nitrogen and oxygen atoms in total. The normalized spacial score (nSPS) is 17.9. The summed E-state index contributed by atoms with van der Waals surface area (Å²) >= 11 is 0. The molecule has 5 rings (SSSR count). The second kappa shape index (κ2) is 15.0. The van der Waals surface area contributed by atoms with Crippen molar-refractivity contribution in [1.29, 1.82) is 0 Å². The van der Waals surface area contributed by atoms with Gasteiger partial charge in [0.1, 0.15) is 32.2 Å². The highest BCUT2D eigenvalue weighted by Gasteiger charge is 2.35. The van der Waals surface area contributed by atoms with Crippen LogP contribution in [0.2, 0.25) is 0 Å². The molecule has 246 valence electrons. The van der Waals surface area contributed by atoms with Crippen LogP contribution < -0.4 is 0 Å². The molecular weight excluding hydrogens is 572 g/mol. The number of fused-ring (bicyclic) bond motifs is 4. The molecule has 0 radical (unpaired) electrons. The SMILES string of the molecule is CCCC[N+](CC)(CCCc1ccc2c(c1)-c1ccccc1C2C(=O)OCC[N+](C)(C)C)CCOC(=O)C1CCc2ccccc21. The summed E-state index contributed by atoms with van der Waals surface area (Å²) in [6, 6.07) is 23.2. The van der Waals surface area contributed by atoms with Gasteiger partial charge in [0.2, 0.25) is 0 Å². The number of carbonyl (C=O) groups excluding carboxylic acids is 2. The fraction of sp³-hybridized carbons (Fsp3) is 0.500. The highest BCUT2D eigenvalue weighted by molar-refractivity contribution is 5.93. The smallest absolute Gasteiger partial charge is 0.318 e. The Morgan fingerprint density at radius 2 is 1.41 bits per heavy atom. The van der Waals surface area contributed by atoms with E-state index in [4.69, 9.17) is 9.47 Å². The summed E-state index contributed by atoms with van der Waals surface area (Å²) in [7, 11) is 6.32. The number of aryl methyl sites for hydroxylation is 2. The van der Waals surface area contributed by atoms with E-state index in [0.717, 1.165) is 102 Å². The third kappa shape index (κ3) is 7.90. The summed E-state index contributed by atoms with van der Waals surface area (Å²) in [5.74, 6) is -0.717. The van der Waals surface area contributed by atoms with Crippen molar-refractivity contribution in [3.8, 4) is 11.1 Å². The van der Waals surface area contributed by atoms with Crippen molar-refractivity contribution in [2.45, 2.75) is 64.2 Å². The lowest BCUT2D eigenvalue weighted by atomic mass is 9.95. The average Bonchev–Trinajstić information content (AvgIpc) is 3.62. The first kappa shape index (κ1) is 33.9. The fourth-order valence-corrected chi connectivity index (χ4v) is 7.33. The van der Waals surface area contributed by atoms with Gasteiger partial charge in [-0.05, 0) is 71.6 Å². The largest absolute Gasteiger partial charge is 0.459 e. The first-order valence-corrected chi connectivity index (χ1v) is 17.4. The summed E-state index contributed by atoms with van der Waals surface area (Å²) in [6.45, 7) is 10.2. The number of nitrogens with zero attached hydrogens (tertiary/aromatic N) is 2. The maximum atomic E-state index is 13.3. The monoisotopic (exact) mass is 626 g/mol.